The van der Waals surface area contributed by atoms with Crippen molar-refractivity contribution in [3.63, 3.8) is 0 Å². The number of esters is 1. The molecule has 0 aliphatic carbocycles. The van der Waals surface area contributed by atoms with Crippen LogP contribution in [0.3, 0.4) is 0 Å². The molecule has 118 valence electrons. The Hall–Kier alpha value is -2.82. The third-order valence-corrected chi connectivity index (χ3v) is 3.81. The van der Waals surface area contributed by atoms with Crippen LogP contribution in [0.25, 0.3) is 0 Å². The van der Waals surface area contributed by atoms with Gasteiger partial charge in [-0.3, -0.25) is 4.79 Å². The van der Waals surface area contributed by atoms with E-state index in [1.807, 2.05) is 38.1 Å². The van der Waals surface area contributed by atoms with Crippen LogP contribution in [0.15, 0.2) is 36.4 Å². The van der Waals surface area contributed by atoms with E-state index in [-0.39, 0.29) is 5.97 Å². The maximum atomic E-state index is 12.4. The fourth-order valence-corrected chi connectivity index (χ4v) is 2.71. The van der Waals surface area contributed by atoms with Crippen LogP contribution in [-0.4, -0.2) is 19.1 Å². The van der Waals surface area contributed by atoms with Gasteiger partial charge in [-0.25, -0.2) is 4.79 Å². The van der Waals surface area contributed by atoms with Crippen LogP contribution in [0.1, 0.15) is 28.2 Å². The molecular formula is C18H17NO4. The minimum atomic E-state index is -0.593. The lowest BCUT2D eigenvalue weighted by Crippen LogP contribution is -2.23. The van der Waals surface area contributed by atoms with E-state index < -0.39 is 12.0 Å². The zero-order valence-corrected chi connectivity index (χ0v) is 13.2. The van der Waals surface area contributed by atoms with Crippen LogP contribution >= 0.6 is 0 Å². The number of nitrogens with one attached hydrogen (secondary N) is 1. The highest BCUT2D eigenvalue weighted by Gasteiger charge is 2.36. The van der Waals surface area contributed by atoms with Gasteiger partial charge in [0.1, 0.15) is 17.4 Å². The molecule has 0 saturated carbocycles. The molecule has 0 saturated heterocycles. The van der Waals surface area contributed by atoms with Crippen LogP contribution in [-0.2, 0) is 4.79 Å². The summed E-state index contributed by atoms with van der Waals surface area (Å²) < 4.78 is 10.7. The summed E-state index contributed by atoms with van der Waals surface area (Å²) in [5, 5.41) is 2.41. The Labute approximate surface area is 134 Å². The lowest BCUT2D eigenvalue weighted by Gasteiger charge is -2.14. The molecular weight excluding hydrogens is 294 g/mol. The molecule has 3 rings (SSSR count). The summed E-state index contributed by atoms with van der Waals surface area (Å²) in [4.78, 5) is 23.9. The summed E-state index contributed by atoms with van der Waals surface area (Å²) in [5.41, 5.74) is 3.43. The monoisotopic (exact) mass is 311 g/mol. The van der Waals surface area contributed by atoms with Crippen molar-refractivity contribution in [1.29, 1.82) is 0 Å². The number of aryl methyl sites for hydroxylation is 2. The molecule has 2 aromatic carbocycles. The Bertz CT molecular complexity index is 798. The number of hydrogen-bond donors (Lipinski definition) is 1. The molecule has 1 N–H and O–H groups in total. The second-order valence-corrected chi connectivity index (χ2v) is 5.58. The molecule has 1 amide bonds. The van der Waals surface area contributed by atoms with Gasteiger partial charge < -0.3 is 14.8 Å². The topological polar surface area (TPSA) is 64.6 Å². The number of ether oxygens (including phenoxy) is 2. The normalized spacial score (nSPS) is 15.8. The smallest absolute Gasteiger partial charge is 0.412 e. The van der Waals surface area contributed by atoms with E-state index in [2.05, 4.69) is 5.32 Å². The summed E-state index contributed by atoms with van der Waals surface area (Å²) in [6, 6.07) is 11.0. The lowest BCUT2D eigenvalue weighted by molar-refractivity contribution is -0.133. The highest BCUT2D eigenvalue weighted by molar-refractivity contribution is 5.90. The van der Waals surface area contributed by atoms with Crippen molar-refractivity contribution >= 4 is 12.1 Å². The largest absolute Gasteiger partial charge is 0.425 e. The molecule has 5 nitrogen and oxygen atoms in total. The van der Waals surface area contributed by atoms with Crippen molar-refractivity contribution in [3.8, 4) is 11.5 Å². The van der Waals surface area contributed by atoms with Crippen LogP contribution in [0, 0.1) is 13.8 Å². The van der Waals surface area contributed by atoms with E-state index in [1.165, 1.54) is 7.05 Å². The predicted octanol–water partition coefficient (Wildman–Crippen LogP) is 3.07. The predicted molar refractivity (Wildman–Crippen MR) is 84.9 cm³/mol. The van der Waals surface area contributed by atoms with Crippen molar-refractivity contribution in [1.82, 2.24) is 5.32 Å². The van der Waals surface area contributed by atoms with Gasteiger partial charge in [-0.1, -0.05) is 35.4 Å². The maximum Gasteiger partial charge on any atom is 0.412 e. The van der Waals surface area contributed by atoms with Crippen LogP contribution in [0.4, 0.5) is 4.79 Å². The summed E-state index contributed by atoms with van der Waals surface area (Å²) in [7, 11) is 1.48. The number of hydrogen-bond acceptors (Lipinski definition) is 4. The zero-order chi connectivity index (χ0) is 16.6. The number of rotatable bonds is 2. The molecule has 0 fully saturated rings. The van der Waals surface area contributed by atoms with Gasteiger partial charge >= 0.3 is 12.1 Å². The highest BCUT2D eigenvalue weighted by Crippen LogP contribution is 2.42. The number of benzene rings is 2. The first kappa shape index (κ1) is 15.1. The molecule has 0 bridgehead atoms. The van der Waals surface area contributed by atoms with Crippen LogP contribution in [0.5, 0.6) is 11.5 Å². The van der Waals surface area contributed by atoms with Crippen molar-refractivity contribution in [2.45, 2.75) is 19.8 Å². The Morgan fingerprint density at radius 3 is 2.43 bits per heavy atom. The average molecular weight is 311 g/mol. The molecule has 1 heterocycles. The van der Waals surface area contributed by atoms with E-state index in [9.17, 15) is 9.59 Å². The molecule has 2 aromatic rings. The van der Waals surface area contributed by atoms with E-state index in [1.54, 1.807) is 12.1 Å². The number of carbonyl (C=O) groups excluding carboxylic acids is 2. The van der Waals surface area contributed by atoms with E-state index >= 15 is 0 Å². The highest BCUT2D eigenvalue weighted by atomic mass is 16.6. The SMILES string of the molecule is CNC(=O)Oc1ccc(C)cc1C1C(=O)Oc2ccc(C)cc21. The van der Waals surface area contributed by atoms with Crippen molar-refractivity contribution < 1.29 is 19.1 Å². The Morgan fingerprint density at radius 2 is 1.74 bits per heavy atom. The third-order valence-electron chi connectivity index (χ3n) is 3.81. The molecule has 1 atom stereocenters. The molecule has 0 aromatic heterocycles. The summed E-state index contributed by atoms with van der Waals surface area (Å²) >= 11 is 0. The van der Waals surface area contributed by atoms with Gasteiger partial charge in [0.25, 0.3) is 0 Å². The molecule has 23 heavy (non-hydrogen) atoms. The van der Waals surface area contributed by atoms with Crippen LogP contribution < -0.4 is 14.8 Å². The second kappa shape index (κ2) is 5.76. The first-order valence-corrected chi connectivity index (χ1v) is 7.32. The van der Waals surface area contributed by atoms with Gasteiger partial charge in [0.15, 0.2) is 0 Å². The standard InChI is InChI=1S/C18H17NO4/c1-10-4-6-14-12(8-10)16(17(20)22-14)13-9-11(2)5-7-15(13)23-18(21)19-3/h4-9,16H,1-3H3,(H,19,21). The fraction of sp³-hybridized carbons (Fsp3) is 0.222. The zero-order valence-electron chi connectivity index (χ0n) is 13.2. The van der Waals surface area contributed by atoms with Gasteiger partial charge in [-0.2, -0.15) is 0 Å². The van der Waals surface area contributed by atoms with Gasteiger partial charge in [-0.05, 0) is 26.0 Å². The first-order valence-electron chi connectivity index (χ1n) is 7.32. The van der Waals surface area contributed by atoms with E-state index in [0.717, 1.165) is 16.7 Å². The minimum Gasteiger partial charge on any atom is -0.425 e. The first-order chi connectivity index (χ1) is 11.0. The molecule has 5 heteroatoms. The van der Waals surface area contributed by atoms with Gasteiger partial charge in [0.2, 0.25) is 0 Å². The summed E-state index contributed by atoms with van der Waals surface area (Å²) in [6.07, 6.45) is -0.578. The quantitative estimate of drug-likeness (QED) is 0.684. The van der Waals surface area contributed by atoms with Crippen molar-refractivity contribution in [2.75, 3.05) is 7.05 Å². The minimum absolute atomic E-state index is 0.353. The second-order valence-electron chi connectivity index (χ2n) is 5.58. The molecule has 1 aliphatic rings. The molecule has 1 aliphatic heterocycles. The fourth-order valence-electron chi connectivity index (χ4n) is 2.71. The Kier molecular flexibility index (Phi) is 3.78. The van der Waals surface area contributed by atoms with Crippen molar-refractivity contribution in [3.05, 3.63) is 58.7 Å². The maximum absolute atomic E-state index is 12.4. The number of amides is 1. The molecule has 0 radical (unpaired) electrons. The number of fused-ring (bicyclic) bond motifs is 1. The molecule has 0 spiro atoms. The Balaban J connectivity index is 2.11. The van der Waals surface area contributed by atoms with Crippen LogP contribution in [0.2, 0.25) is 0 Å². The summed E-state index contributed by atoms with van der Waals surface area (Å²) in [6.45, 7) is 3.88. The van der Waals surface area contributed by atoms with Gasteiger partial charge in [0.05, 0.1) is 0 Å². The third kappa shape index (κ3) is 2.77. The van der Waals surface area contributed by atoms with E-state index in [0.29, 0.717) is 17.1 Å². The Morgan fingerprint density at radius 1 is 1.09 bits per heavy atom. The number of carbonyl (C=O) groups is 2. The molecule has 1 unspecified atom stereocenters. The van der Waals surface area contributed by atoms with Gasteiger partial charge in [0, 0.05) is 18.2 Å². The average Bonchev–Trinajstić information content (AvgIpc) is 2.84. The lowest BCUT2D eigenvalue weighted by atomic mass is 9.90. The summed E-state index contributed by atoms with van der Waals surface area (Å²) in [5.74, 6) is -0.0494. The van der Waals surface area contributed by atoms with Gasteiger partial charge in [-0.15, -0.1) is 0 Å². The van der Waals surface area contributed by atoms with E-state index in [4.69, 9.17) is 9.47 Å². The van der Waals surface area contributed by atoms with Crippen molar-refractivity contribution in [2.24, 2.45) is 0 Å².